The summed E-state index contributed by atoms with van der Waals surface area (Å²) in [7, 11) is 0. The second-order valence-electron chi connectivity index (χ2n) is 3.14. The van der Waals surface area contributed by atoms with Crippen LogP contribution in [0.4, 0.5) is 8.78 Å². The summed E-state index contributed by atoms with van der Waals surface area (Å²) in [5, 5.41) is 17.7. The van der Waals surface area contributed by atoms with Gasteiger partial charge in [0.1, 0.15) is 6.07 Å². The SMILES string of the molecule is CCc1ccc(C(F)F)c(C#N)c1C(=O)O. The van der Waals surface area contributed by atoms with E-state index in [0.717, 1.165) is 6.07 Å². The molecule has 84 valence electrons. The summed E-state index contributed by atoms with van der Waals surface area (Å²) in [6.45, 7) is 1.70. The van der Waals surface area contributed by atoms with E-state index in [1.165, 1.54) is 6.07 Å². The van der Waals surface area contributed by atoms with Gasteiger partial charge >= 0.3 is 5.97 Å². The van der Waals surface area contributed by atoms with Crippen molar-refractivity contribution in [2.75, 3.05) is 0 Å². The maximum absolute atomic E-state index is 12.5. The number of hydrogen-bond acceptors (Lipinski definition) is 2. The van der Waals surface area contributed by atoms with Crippen molar-refractivity contribution in [3.05, 3.63) is 34.4 Å². The summed E-state index contributed by atoms with van der Waals surface area (Å²) in [4.78, 5) is 10.9. The average molecular weight is 225 g/mol. The van der Waals surface area contributed by atoms with Crippen molar-refractivity contribution < 1.29 is 18.7 Å². The molecule has 0 fully saturated rings. The van der Waals surface area contributed by atoms with E-state index in [-0.39, 0.29) is 5.56 Å². The Bertz CT molecular complexity index is 464. The lowest BCUT2D eigenvalue weighted by Gasteiger charge is -2.09. The zero-order chi connectivity index (χ0) is 12.3. The molecule has 0 spiro atoms. The van der Waals surface area contributed by atoms with Crippen molar-refractivity contribution in [3.63, 3.8) is 0 Å². The highest BCUT2D eigenvalue weighted by atomic mass is 19.3. The molecular weight excluding hydrogens is 216 g/mol. The van der Waals surface area contributed by atoms with Gasteiger partial charge in [0.15, 0.2) is 0 Å². The number of aromatic carboxylic acids is 1. The van der Waals surface area contributed by atoms with Gasteiger partial charge in [0, 0.05) is 5.56 Å². The van der Waals surface area contributed by atoms with Gasteiger partial charge in [-0.05, 0) is 12.0 Å². The third kappa shape index (κ3) is 2.01. The van der Waals surface area contributed by atoms with Crippen molar-refractivity contribution in [3.8, 4) is 6.07 Å². The topological polar surface area (TPSA) is 61.1 Å². The lowest BCUT2D eigenvalue weighted by Crippen LogP contribution is -2.08. The Morgan fingerprint density at radius 1 is 1.56 bits per heavy atom. The Labute approximate surface area is 90.9 Å². The molecule has 0 aliphatic heterocycles. The van der Waals surface area contributed by atoms with Crippen LogP contribution in [-0.2, 0) is 6.42 Å². The minimum atomic E-state index is -2.85. The van der Waals surface area contributed by atoms with Crippen LogP contribution in [0.3, 0.4) is 0 Å². The van der Waals surface area contributed by atoms with Crippen molar-refractivity contribution >= 4 is 5.97 Å². The lowest BCUT2D eigenvalue weighted by molar-refractivity contribution is 0.0695. The lowest BCUT2D eigenvalue weighted by atomic mass is 9.95. The Hall–Kier alpha value is -1.96. The molecule has 1 aromatic rings. The van der Waals surface area contributed by atoms with E-state index in [1.54, 1.807) is 13.0 Å². The normalized spacial score (nSPS) is 10.2. The summed E-state index contributed by atoms with van der Waals surface area (Å²) in [6, 6.07) is 3.97. The quantitative estimate of drug-likeness (QED) is 0.860. The summed E-state index contributed by atoms with van der Waals surface area (Å²) < 4.78 is 25.1. The first-order valence-electron chi connectivity index (χ1n) is 4.60. The van der Waals surface area contributed by atoms with Crippen LogP contribution in [0.15, 0.2) is 12.1 Å². The van der Waals surface area contributed by atoms with Gasteiger partial charge < -0.3 is 5.11 Å². The van der Waals surface area contributed by atoms with E-state index in [4.69, 9.17) is 10.4 Å². The molecule has 0 saturated heterocycles. The highest BCUT2D eigenvalue weighted by Crippen LogP contribution is 2.27. The van der Waals surface area contributed by atoms with Gasteiger partial charge in [-0.2, -0.15) is 5.26 Å². The standard InChI is InChI=1S/C11H9F2NO2/c1-2-6-3-4-7(10(12)13)8(5-14)9(6)11(15)16/h3-4,10H,2H2,1H3,(H,15,16). The molecule has 0 saturated carbocycles. The number of halogens is 2. The molecule has 3 nitrogen and oxygen atoms in total. The summed E-state index contributed by atoms with van der Waals surface area (Å²) in [5.74, 6) is -1.35. The van der Waals surface area contributed by atoms with E-state index in [0.29, 0.717) is 12.0 Å². The fraction of sp³-hybridized carbons (Fsp3) is 0.273. The average Bonchev–Trinajstić information content (AvgIpc) is 2.26. The highest BCUT2D eigenvalue weighted by Gasteiger charge is 2.22. The third-order valence-corrected chi connectivity index (χ3v) is 2.27. The smallest absolute Gasteiger partial charge is 0.337 e. The number of alkyl halides is 2. The predicted molar refractivity (Wildman–Crippen MR) is 52.5 cm³/mol. The monoisotopic (exact) mass is 225 g/mol. The van der Waals surface area contributed by atoms with E-state index < -0.39 is 23.5 Å². The van der Waals surface area contributed by atoms with Crippen molar-refractivity contribution in [2.45, 2.75) is 19.8 Å². The molecule has 5 heteroatoms. The minimum Gasteiger partial charge on any atom is -0.478 e. The van der Waals surface area contributed by atoms with Crippen molar-refractivity contribution in [1.82, 2.24) is 0 Å². The van der Waals surface area contributed by atoms with Gasteiger partial charge in [-0.25, -0.2) is 13.6 Å². The fourth-order valence-corrected chi connectivity index (χ4v) is 1.50. The number of carboxylic acid groups (broad SMARTS) is 1. The zero-order valence-electron chi connectivity index (χ0n) is 8.50. The summed E-state index contributed by atoms with van der Waals surface area (Å²) >= 11 is 0. The number of nitriles is 1. The van der Waals surface area contributed by atoms with Crippen molar-refractivity contribution in [2.24, 2.45) is 0 Å². The zero-order valence-corrected chi connectivity index (χ0v) is 8.50. The molecular formula is C11H9F2NO2. The molecule has 0 aromatic heterocycles. The van der Waals surface area contributed by atoms with Crippen LogP contribution in [0.5, 0.6) is 0 Å². The first kappa shape index (κ1) is 12.1. The van der Waals surface area contributed by atoms with E-state index in [1.807, 2.05) is 0 Å². The molecule has 0 unspecified atom stereocenters. The number of carbonyl (C=O) groups is 1. The summed E-state index contributed by atoms with van der Waals surface area (Å²) in [5.41, 5.74) is -0.907. The molecule has 1 rings (SSSR count). The second kappa shape index (κ2) is 4.71. The summed E-state index contributed by atoms with van der Waals surface area (Å²) in [6.07, 6.45) is -2.47. The van der Waals surface area contributed by atoms with Crippen LogP contribution in [-0.4, -0.2) is 11.1 Å². The Morgan fingerprint density at radius 3 is 2.56 bits per heavy atom. The predicted octanol–water partition coefficient (Wildman–Crippen LogP) is 2.76. The molecule has 0 aliphatic carbocycles. The molecule has 1 N–H and O–H groups in total. The van der Waals surface area contributed by atoms with Gasteiger partial charge in [0.25, 0.3) is 6.43 Å². The van der Waals surface area contributed by atoms with E-state index in [2.05, 4.69) is 0 Å². The largest absolute Gasteiger partial charge is 0.478 e. The third-order valence-electron chi connectivity index (χ3n) is 2.27. The van der Waals surface area contributed by atoms with Crippen LogP contribution in [0.1, 0.15) is 40.4 Å². The maximum atomic E-state index is 12.5. The van der Waals surface area contributed by atoms with Gasteiger partial charge in [-0.15, -0.1) is 0 Å². The second-order valence-corrected chi connectivity index (χ2v) is 3.14. The number of nitrogens with zero attached hydrogens (tertiary/aromatic N) is 1. The van der Waals surface area contributed by atoms with Crippen molar-refractivity contribution in [1.29, 1.82) is 5.26 Å². The molecule has 0 amide bonds. The number of hydrogen-bond donors (Lipinski definition) is 1. The minimum absolute atomic E-state index is 0.317. The number of rotatable bonds is 3. The Balaban J connectivity index is 3.58. The highest BCUT2D eigenvalue weighted by molar-refractivity contribution is 5.93. The molecule has 16 heavy (non-hydrogen) atoms. The maximum Gasteiger partial charge on any atom is 0.337 e. The van der Waals surface area contributed by atoms with Gasteiger partial charge in [0.05, 0.1) is 11.1 Å². The number of aryl methyl sites for hydroxylation is 1. The molecule has 0 atom stereocenters. The number of benzene rings is 1. The van der Waals surface area contributed by atoms with Crippen LogP contribution >= 0.6 is 0 Å². The molecule has 0 aliphatic rings. The van der Waals surface area contributed by atoms with Gasteiger partial charge in [-0.1, -0.05) is 19.1 Å². The molecule has 0 heterocycles. The first-order chi connectivity index (χ1) is 7.52. The molecule has 0 radical (unpaired) electrons. The first-order valence-corrected chi connectivity index (χ1v) is 4.60. The molecule has 1 aromatic carbocycles. The Kier molecular flexibility index (Phi) is 3.56. The van der Waals surface area contributed by atoms with Crippen LogP contribution in [0.2, 0.25) is 0 Å². The Morgan fingerprint density at radius 2 is 2.19 bits per heavy atom. The van der Waals surface area contributed by atoms with Gasteiger partial charge in [0.2, 0.25) is 0 Å². The van der Waals surface area contributed by atoms with Crippen LogP contribution in [0.25, 0.3) is 0 Å². The van der Waals surface area contributed by atoms with Gasteiger partial charge in [-0.3, -0.25) is 0 Å². The van der Waals surface area contributed by atoms with E-state index >= 15 is 0 Å². The van der Waals surface area contributed by atoms with E-state index in [9.17, 15) is 13.6 Å². The fourth-order valence-electron chi connectivity index (χ4n) is 1.50. The molecule has 0 bridgehead atoms. The van der Waals surface area contributed by atoms with Crippen LogP contribution in [0, 0.1) is 11.3 Å². The number of carboxylic acids is 1. The van der Waals surface area contributed by atoms with Crippen LogP contribution < -0.4 is 0 Å².